The van der Waals surface area contributed by atoms with Crippen molar-refractivity contribution in [3.8, 4) is 0 Å². The van der Waals surface area contributed by atoms with Gasteiger partial charge in [0.1, 0.15) is 0 Å². The molecular formula is C46H39F3N8Os. The molecule has 0 radical (unpaired) electrons. The van der Waals surface area contributed by atoms with Crippen LogP contribution in [-0.2, 0) is 32.5 Å². The average Bonchev–Trinajstić information content (AvgIpc) is 3.95. The predicted octanol–water partition coefficient (Wildman–Crippen LogP) is 10.7. The van der Waals surface area contributed by atoms with Crippen LogP contribution in [0.25, 0.3) is 0 Å². The summed E-state index contributed by atoms with van der Waals surface area (Å²) in [6.45, 7) is 8.60. The van der Waals surface area contributed by atoms with Crippen LogP contribution in [0.3, 0.4) is 0 Å². The molecule has 0 bridgehead atoms. The zero-order valence-corrected chi connectivity index (χ0v) is 34.7. The molecule has 0 aliphatic carbocycles. The van der Waals surface area contributed by atoms with Gasteiger partial charge in [-0.15, -0.1) is 40.8 Å². The largest absolute Gasteiger partial charge is 6.00 e. The molecule has 0 fully saturated rings. The Morgan fingerprint density at radius 3 is 1.28 bits per heavy atom. The molecule has 4 aliphatic rings. The van der Waals surface area contributed by atoms with Crippen molar-refractivity contribution in [2.75, 3.05) is 67.4 Å². The minimum Gasteiger partial charge on any atom is -0.504 e. The molecule has 0 spiro atoms. The Balaban J connectivity index is 0.000000160. The van der Waals surface area contributed by atoms with E-state index in [2.05, 4.69) is 126 Å². The minimum absolute atomic E-state index is 0. The van der Waals surface area contributed by atoms with E-state index in [0.717, 1.165) is 52.7 Å². The van der Waals surface area contributed by atoms with Crippen LogP contribution < -0.4 is 39.2 Å². The van der Waals surface area contributed by atoms with Crippen LogP contribution in [0, 0.1) is 38.8 Å². The van der Waals surface area contributed by atoms with E-state index in [9.17, 15) is 13.2 Å². The minimum atomic E-state index is -4.48. The molecule has 292 valence electrons. The fourth-order valence-electron chi connectivity index (χ4n) is 7.71. The number of benzene rings is 6. The molecule has 6 aromatic rings. The summed E-state index contributed by atoms with van der Waals surface area (Å²) >= 11 is 0. The summed E-state index contributed by atoms with van der Waals surface area (Å²) in [4.78, 5) is 16.0. The van der Waals surface area contributed by atoms with Gasteiger partial charge in [-0.05, 0) is 83.3 Å². The van der Waals surface area contributed by atoms with E-state index in [1.807, 2.05) is 72.4 Å². The van der Waals surface area contributed by atoms with Crippen molar-refractivity contribution in [2.24, 2.45) is 0 Å². The van der Waals surface area contributed by atoms with Crippen molar-refractivity contribution in [3.63, 3.8) is 0 Å². The van der Waals surface area contributed by atoms with Crippen LogP contribution >= 0.6 is 0 Å². The molecule has 0 saturated heterocycles. The van der Waals surface area contributed by atoms with Gasteiger partial charge in [-0.2, -0.15) is 64.1 Å². The molecule has 0 saturated carbocycles. The van der Waals surface area contributed by atoms with E-state index >= 15 is 0 Å². The van der Waals surface area contributed by atoms with Gasteiger partial charge in [0.15, 0.2) is 0 Å². The number of rotatable bonds is 5. The van der Waals surface area contributed by atoms with Crippen molar-refractivity contribution in [2.45, 2.75) is 12.7 Å². The van der Waals surface area contributed by atoms with Gasteiger partial charge in [0.05, 0.1) is 0 Å². The first-order valence-corrected chi connectivity index (χ1v) is 18.5. The smallest absolute Gasteiger partial charge is 0.504 e. The Labute approximate surface area is 351 Å². The zero-order valence-electron chi connectivity index (χ0n) is 32.2. The molecule has 0 amide bonds. The Hall–Kier alpha value is -5.85. The molecule has 8 nitrogen and oxygen atoms in total. The molecule has 58 heavy (non-hydrogen) atoms. The van der Waals surface area contributed by atoms with Crippen molar-refractivity contribution in [1.82, 2.24) is 0 Å². The van der Waals surface area contributed by atoms with E-state index < -0.39 is 11.7 Å². The summed E-state index contributed by atoms with van der Waals surface area (Å²) in [5, 5.41) is 0. The monoisotopic (exact) mass is 952 g/mol. The second-order valence-corrected chi connectivity index (χ2v) is 14.3. The number of nitrogens with zero attached hydrogens (tertiary/aromatic N) is 8. The number of hydrogen-bond donors (Lipinski definition) is 0. The summed E-state index contributed by atoms with van der Waals surface area (Å²) in [5.41, 5.74) is 10.5. The van der Waals surface area contributed by atoms with E-state index in [0.29, 0.717) is 11.4 Å². The van der Waals surface area contributed by atoms with Crippen LogP contribution in [-0.4, -0.2) is 28.2 Å². The third-order valence-electron chi connectivity index (χ3n) is 10.4. The van der Waals surface area contributed by atoms with Crippen molar-refractivity contribution >= 4 is 62.6 Å². The Kier molecular flexibility index (Phi) is 10.4. The fraction of sp³-hybridized carbons (Fsp3) is 0.130. The second-order valence-electron chi connectivity index (χ2n) is 14.3. The standard InChI is InChI=1S/C23H18F3N4.C23H21N4.Os/c1-27-14-29(21-9-5-3-7-19(21)27)17-11-16(23(24,25)26)12-18(13-17)30-15-28(2)20-8-4-6-10-22(20)30;1-24-16-26(22-12-5-3-10-20(22)24)15-18-8-7-9-19(14-18)27-17-25(2)21-11-4-6-13-23(21)27;/h3-12,14-15H,1-2H3;3-13,16-17H,15H2,1-2H3;/q2*-3;+6. The van der Waals surface area contributed by atoms with Gasteiger partial charge in [0, 0.05) is 45.5 Å². The van der Waals surface area contributed by atoms with Crippen LogP contribution in [0.15, 0.2) is 127 Å². The molecule has 12 heteroatoms. The molecule has 0 aromatic heterocycles. The molecule has 0 atom stereocenters. The average molecular weight is 951 g/mol. The van der Waals surface area contributed by atoms with Crippen molar-refractivity contribution in [3.05, 3.63) is 177 Å². The number of anilines is 11. The SMILES string of the molecule is CN1[CH-]N(Cc2[c-]c(N3[CH-]N(C)c4ccccc43)ccc2)c2ccccc21.CN1[CH-]N(c2[c-]c(N3[CH-]N(C)c4ccccc43)cc(C(F)(F)F)c2)c2ccccc21.[Os+6]. The molecule has 4 aliphatic heterocycles. The van der Waals surface area contributed by atoms with Crippen molar-refractivity contribution in [1.29, 1.82) is 0 Å². The molecule has 6 aromatic carbocycles. The predicted molar refractivity (Wildman–Crippen MR) is 225 cm³/mol. The quantitative estimate of drug-likeness (QED) is 0.158. The van der Waals surface area contributed by atoms with Crippen LogP contribution in [0.5, 0.6) is 0 Å². The van der Waals surface area contributed by atoms with Gasteiger partial charge in [0.2, 0.25) is 0 Å². The molecule has 0 unspecified atom stereocenters. The van der Waals surface area contributed by atoms with E-state index in [1.54, 1.807) is 23.1 Å². The third-order valence-corrected chi connectivity index (χ3v) is 10.4. The zero-order chi connectivity index (χ0) is 39.4. The van der Waals surface area contributed by atoms with E-state index in [-0.39, 0.29) is 19.8 Å². The Morgan fingerprint density at radius 1 is 0.448 bits per heavy atom. The van der Waals surface area contributed by atoms with Gasteiger partial charge in [-0.3, -0.25) is 0 Å². The van der Waals surface area contributed by atoms with Gasteiger partial charge in [0.25, 0.3) is 0 Å². The second kappa shape index (κ2) is 15.5. The third kappa shape index (κ3) is 7.15. The summed E-state index contributed by atoms with van der Waals surface area (Å²) in [7, 11) is 7.90. The molecule has 0 N–H and O–H groups in total. The van der Waals surface area contributed by atoms with Gasteiger partial charge < -0.3 is 39.2 Å². The summed E-state index contributed by atoms with van der Waals surface area (Å²) in [6, 6.07) is 47.6. The maximum Gasteiger partial charge on any atom is 6.00 e. The Morgan fingerprint density at radius 2 is 0.828 bits per heavy atom. The first-order chi connectivity index (χ1) is 27.5. The van der Waals surface area contributed by atoms with Gasteiger partial charge in [-0.1, -0.05) is 54.1 Å². The normalized spacial score (nSPS) is 15.2. The number of fused-ring (bicyclic) bond motifs is 4. The number of alkyl halides is 3. The summed E-state index contributed by atoms with van der Waals surface area (Å²) in [5.74, 6) is 0. The number of halogens is 3. The van der Waals surface area contributed by atoms with Crippen LogP contribution in [0.2, 0.25) is 0 Å². The summed E-state index contributed by atoms with van der Waals surface area (Å²) in [6.07, 6.45) is -4.48. The van der Waals surface area contributed by atoms with Crippen LogP contribution in [0.1, 0.15) is 11.1 Å². The van der Waals surface area contributed by atoms with Gasteiger partial charge in [-0.25, -0.2) is 0 Å². The van der Waals surface area contributed by atoms with Crippen molar-refractivity contribution < 1.29 is 33.0 Å². The van der Waals surface area contributed by atoms with E-state index in [4.69, 9.17) is 0 Å². The Bertz CT molecular complexity index is 2360. The topological polar surface area (TPSA) is 25.9 Å². The van der Waals surface area contributed by atoms with Crippen LogP contribution in [0.4, 0.5) is 75.7 Å². The maximum atomic E-state index is 13.8. The molecule has 10 rings (SSSR count). The van der Waals surface area contributed by atoms with Gasteiger partial charge >= 0.3 is 26.0 Å². The number of hydrogen-bond acceptors (Lipinski definition) is 8. The molecular weight excluding hydrogens is 912 g/mol. The first-order valence-electron chi connectivity index (χ1n) is 18.5. The fourth-order valence-corrected chi connectivity index (χ4v) is 7.71. The van der Waals surface area contributed by atoms with E-state index in [1.165, 1.54) is 22.7 Å². The summed E-state index contributed by atoms with van der Waals surface area (Å²) < 4.78 is 41.3. The maximum absolute atomic E-state index is 13.8. The molecule has 4 heterocycles. The first kappa shape index (κ1) is 39.0. The number of para-hydroxylation sites is 8.